The van der Waals surface area contributed by atoms with Crippen LogP contribution < -0.4 is 10.2 Å². The molecule has 1 saturated carbocycles. The van der Waals surface area contributed by atoms with Crippen LogP contribution in [0, 0.1) is 0 Å². The predicted molar refractivity (Wildman–Crippen MR) is 83.9 cm³/mol. The molecule has 0 radical (unpaired) electrons. The summed E-state index contributed by atoms with van der Waals surface area (Å²) in [5, 5.41) is 3.53. The van der Waals surface area contributed by atoms with Crippen LogP contribution in [-0.4, -0.2) is 50.5 Å². The fourth-order valence-electron chi connectivity index (χ4n) is 3.21. The fourth-order valence-corrected chi connectivity index (χ4v) is 3.21. The minimum Gasteiger partial charge on any atom is -0.379 e. The van der Waals surface area contributed by atoms with Crippen molar-refractivity contribution in [3.05, 3.63) is 18.3 Å². The maximum atomic E-state index is 5.58. The molecular formula is C16H25N3O2. The standard InChI is InChI=1S/C16H25N3O2/c1-20-15-5-3-2-4-14(15)18-16-7-6-13(12-17-16)19-8-10-21-11-9-19/h6-7,12,14-15H,2-5,8-11H2,1H3,(H,17,18). The lowest BCUT2D eigenvalue weighted by Gasteiger charge is -2.32. The van der Waals surface area contributed by atoms with Crippen molar-refractivity contribution in [1.29, 1.82) is 0 Å². The van der Waals surface area contributed by atoms with Gasteiger partial charge in [0, 0.05) is 20.2 Å². The van der Waals surface area contributed by atoms with Crippen molar-refractivity contribution < 1.29 is 9.47 Å². The van der Waals surface area contributed by atoms with E-state index in [0.717, 1.165) is 45.0 Å². The molecule has 0 spiro atoms. The zero-order chi connectivity index (χ0) is 14.5. The zero-order valence-electron chi connectivity index (χ0n) is 12.8. The van der Waals surface area contributed by atoms with Gasteiger partial charge in [0.15, 0.2) is 0 Å². The number of anilines is 2. The van der Waals surface area contributed by atoms with Gasteiger partial charge in [-0.25, -0.2) is 4.98 Å². The molecule has 0 amide bonds. The smallest absolute Gasteiger partial charge is 0.126 e. The number of rotatable bonds is 4. The van der Waals surface area contributed by atoms with Gasteiger partial charge in [0.05, 0.1) is 37.2 Å². The second-order valence-corrected chi connectivity index (χ2v) is 5.81. The number of methoxy groups -OCH3 is 1. The topological polar surface area (TPSA) is 46.6 Å². The van der Waals surface area contributed by atoms with Crippen LogP contribution in [0.4, 0.5) is 11.5 Å². The molecule has 1 aromatic rings. The number of nitrogens with zero attached hydrogens (tertiary/aromatic N) is 2. The van der Waals surface area contributed by atoms with E-state index in [9.17, 15) is 0 Å². The number of aromatic nitrogens is 1. The first kappa shape index (κ1) is 14.6. The lowest BCUT2D eigenvalue weighted by atomic mass is 9.92. The highest BCUT2D eigenvalue weighted by Crippen LogP contribution is 2.24. The van der Waals surface area contributed by atoms with Crippen LogP contribution >= 0.6 is 0 Å². The largest absolute Gasteiger partial charge is 0.379 e. The van der Waals surface area contributed by atoms with Crippen molar-refractivity contribution in [2.45, 2.75) is 37.8 Å². The van der Waals surface area contributed by atoms with Crippen LogP contribution in [0.1, 0.15) is 25.7 Å². The molecule has 5 nitrogen and oxygen atoms in total. The maximum absolute atomic E-state index is 5.58. The lowest BCUT2D eigenvalue weighted by molar-refractivity contribution is 0.0605. The summed E-state index contributed by atoms with van der Waals surface area (Å²) in [6.45, 7) is 3.50. The maximum Gasteiger partial charge on any atom is 0.126 e. The molecule has 116 valence electrons. The summed E-state index contributed by atoms with van der Waals surface area (Å²) in [6, 6.07) is 4.60. The minimum absolute atomic E-state index is 0.305. The molecule has 2 heterocycles. The van der Waals surface area contributed by atoms with Gasteiger partial charge in [0.2, 0.25) is 0 Å². The molecule has 3 rings (SSSR count). The third-order valence-electron chi connectivity index (χ3n) is 4.46. The van der Waals surface area contributed by atoms with E-state index < -0.39 is 0 Å². The van der Waals surface area contributed by atoms with E-state index in [-0.39, 0.29) is 0 Å². The summed E-state index contributed by atoms with van der Waals surface area (Å²) >= 11 is 0. The van der Waals surface area contributed by atoms with Crippen molar-refractivity contribution in [1.82, 2.24) is 4.98 Å². The van der Waals surface area contributed by atoms with E-state index in [0.29, 0.717) is 12.1 Å². The van der Waals surface area contributed by atoms with Crippen molar-refractivity contribution >= 4 is 11.5 Å². The number of nitrogens with one attached hydrogen (secondary N) is 1. The molecule has 2 aliphatic rings. The summed E-state index contributed by atoms with van der Waals surface area (Å²) in [6.07, 6.45) is 7.09. The first-order chi connectivity index (χ1) is 10.4. The van der Waals surface area contributed by atoms with E-state index in [1.807, 2.05) is 6.20 Å². The van der Waals surface area contributed by atoms with Gasteiger partial charge >= 0.3 is 0 Å². The number of morpholine rings is 1. The van der Waals surface area contributed by atoms with Gasteiger partial charge in [-0.3, -0.25) is 0 Å². The highest BCUT2D eigenvalue weighted by atomic mass is 16.5. The Hall–Kier alpha value is -1.33. The molecule has 5 heteroatoms. The molecular weight excluding hydrogens is 266 g/mol. The van der Waals surface area contributed by atoms with Gasteiger partial charge in [-0.2, -0.15) is 0 Å². The number of hydrogen-bond acceptors (Lipinski definition) is 5. The molecule has 2 atom stereocenters. The van der Waals surface area contributed by atoms with Crippen LogP contribution in [0.3, 0.4) is 0 Å². The summed E-state index contributed by atoms with van der Waals surface area (Å²) < 4.78 is 11.0. The Morgan fingerprint density at radius 3 is 2.76 bits per heavy atom. The average Bonchev–Trinajstić information content (AvgIpc) is 2.57. The van der Waals surface area contributed by atoms with E-state index in [1.54, 1.807) is 7.11 Å². The second-order valence-electron chi connectivity index (χ2n) is 5.81. The Bertz CT molecular complexity index is 432. The summed E-state index contributed by atoms with van der Waals surface area (Å²) in [5.41, 5.74) is 1.18. The number of hydrogen-bond donors (Lipinski definition) is 1. The summed E-state index contributed by atoms with van der Waals surface area (Å²) in [4.78, 5) is 6.89. The van der Waals surface area contributed by atoms with Crippen LogP contribution in [0.2, 0.25) is 0 Å². The van der Waals surface area contributed by atoms with E-state index in [2.05, 4.69) is 27.3 Å². The monoisotopic (exact) mass is 291 g/mol. The van der Waals surface area contributed by atoms with Crippen LogP contribution in [0.25, 0.3) is 0 Å². The first-order valence-electron chi connectivity index (χ1n) is 7.95. The van der Waals surface area contributed by atoms with Crippen LogP contribution in [0.15, 0.2) is 18.3 Å². The molecule has 1 aliphatic carbocycles. The van der Waals surface area contributed by atoms with E-state index in [1.165, 1.54) is 18.5 Å². The first-order valence-corrected chi connectivity index (χ1v) is 7.95. The molecule has 0 bridgehead atoms. The predicted octanol–water partition coefficient (Wildman–Crippen LogP) is 2.29. The average molecular weight is 291 g/mol. The van der Waals surface area contributed by atoms with Gasteiger partial charge < -0.3 is 19.7 Å². The molecule has 0 aromatic carbocycles. The molecule has 1 N–H and O–H groups in total. The van der Waals surface area contributed by atoms with Gasteiger partial charge in [-0.1, -0.05) is 12.8 Å². The van der Waals surface area contributed by atoms with Crippen molar-refractivity contribution in [3.63, 3.8) is 0 Å². The Labute approximate surface area is 126 Å². The second kappa shape index (κ2) is 7.09. The Morgan fingerprint density at radius 1 is 1.24 bits per heavy atom. The van der Waals surface area contributed by atoms with E-state index >= 15 is 0 Å². The Morgan fingerprint density at radius 2 is 2.05 bits per heavy atom. The zero-order valence-corrected chi connectivity index (χ0v) is 12.8. The SMILES string of the molecule is COC1CCCCC1Nc1ccc(N2CCOCC2)cn1. The fraction of sp³-hybridized carbons (Fsp3) is 0.688. The molecule has 21 heavy (non-hydrogen) atoms. The summed E-state index contributed by atoms with van der Waals surface area (Å²) in [7, 11) is 1.81. The van der Waals surface area contributed by atoms with Crippen LogP contribution in [0.5, 0.6) is 0 Å². The molecule has 2 fully saturated rings. The number of ether oxygens (including phenoxy) is 2. The quantitative estimate of drug-likeness (QED) is 0.922. The van der Waals surface area contributed by atoms with Crippen molar-refractivity contribution in [3.8, 4) is 0 Å². The Balaban J connectivity index is 1.61. The molecule has 2 unspecified atom stereocenters. The van der Waals surface area contributed by atoms with Gasteiger partial charge in [-0.15, -0.1) is 0 Å². The van der Waals surface area contributed by atoms with Gasteiger partial charge in [0.25, 0.3) is 0 Å². The third-order valence-corrected chi connectivity index (χ3v) is 4.46. The Kier molecular flexibility index (Phi) is 4.93. The number of pyridine rings is 1. The summed E-state index contributed by atoms with van der Waals surface area (Å²) in [5.74, 6) is 0.945. The molecule has 1 aliphatic heterocycles. The third kappa shape index (κ3) is 3.66. The van der Waals surface area contributed by atoms with Crippen LogP contribution in [-0.2, 0) is 9.47 Å². The normalized spacial score (nSPS) is 26.6. The molecule has 1 saturated heterocycles. The van der Waals surface area contributed by atoms with Gasteiger partial charge in [0.1, 0.15) is 5.82 Å². The minimum atomic E-state index is 0.305. The van der Waals surface area contributed by atoms with E-state index in [4.69, 9.17) is 9.47 Å². The van der Waals surface area contributed by atoms with Crippen molar-refractivity contribution in [2.75, 3.05) is 43.6 Å². The highest BCUT2D eigenvalue weighted by molar-refractivity contribution is 5.50. The van der Waals surface area contributed by atoms with Crippen molar-refractivity contribution in [2.24, 2.45) is 0 Å². The van der Waals surface area contributed by atoms with Gasteiger partial charge in [-0.05, 0) is 25.0 Å². The highest BCUT2D eigenvalue weighted by Gasteiger charge is 2.25. The molecule has 1 aromatic heterocycles. The lowest BCUT2D eigenvalue weighted by Crippen LogP contribution is -2.38.